The van der Waals surface area contributed by atoms with Crippen LogP contribution in [-0.2, 0) is 11.2 Å². The number of carboxylic acid groups (broad SMARTS) is 1. The van der Waals surface area contributed by atoms with Crippen molar-refractivity contribution in [1.82, 2.24) is 0 Å². The van der Waals surface area contributed by atoms with Gasteiger partial charge in [0, 0.05) is 0 Å². The average Bonchev–Trinajstić information content (AvgIpc) is 2.18. The van der Waals surface area contributed by atoms with Crippen LogP contribution in [0.15, 0.2) is 24.3 Å². The molecule has 1 atom stereocenters. The maximum Gasteiger partial charge on any atom is 0.344 e. The fraction of sp³-hybridized carbons (Fsp3) is 0.364. The molecule has 0 fully saturated rings. The minimum atomic E-state index is -0.948. The topological polar surface area (TPSA) is 46.5 Å². The number of aliphatic carboxylic acids is 1. The van der Waals surface area contributed by atoms with Crippen LogP contribution in [0.4, 0.5) is 0 Å². The van der Waals surface area contributed by atoms with E-state index in [0.717, 1.165) is 12.0 Å². The number of rotatable bonds is 4. The predicted octanol–water partition coefficient (Wildman–Crippen LogP) is 2.10. The summed E-state index contributed by atoms with van der Waals surface area (Å²) in [6.07, 6.45) is 0.0328. The fourth-order valence-corrected chi connectivity index (χ4v) is 1.15. The lowest BCUT2D eigenvalue weighted by Gasteiger charge is -2.13. The van der Waals surface area contributed by atoms with Gasteiger partial charge in [0.25, 0.3) is 0 Å². The maximum absolute atomic E-state index is 10.6. The highest BCUT2D eigenvalue weighted by Crippen LogP contribution is 2.19. The van der Waals surface area contributed by atoms with Gasteiger partial charge in [-0.05, 0) is 25.0 Å². The Labute approximate surface area is 83.3 Å². The highest BCUT2D eigenvalue weighted by Gasteiger charge is 2.13. The number of hydrogen-bond donors (Lipinski definition) is 1. The predicted molar refractivity (Wildman–Crippen MR) is 53.5 cm³/mol. The Morgan fingerprint density at radius 2 is 2.14 bits per heavy atom. The third kappa shape index (κ3) is 2.49. The summed E-state index contributed by atoms with van der Waals surface area (Å²) >= 11 is 0. The molecular formula is C11H14O3. The number of benzene rings is 1. The van der Waals surface area contributed by atoms with Gasteiger partial charge in [0.05, 0.1) is 0 Å². The number of ether oxygens (including phenoxy) is 1. The first-order valence-electron chi connectivity index (χ1n) is 4.62. The van der Waals surface area contributed by atoms with Crippen LogP contribution in [0.1, 0.15) is 19.4 Å². The molecule has 1 N–H and O–H groups in total. The second-order valence-electron chi connectivity index (χ2n) is 3.06. The lowest BCUT2D eigenvalue weighted by atomic mass is 10.1. The van der Waals surface area contributed by atoms with Crippen molar-refractivity contribution in [3.05, 3.63) is 29.8 Å². The Hall–Kier alpha value is -1.51. The minimum absolute atomic E-state index is 0.657. The summed E-state index contributed by atoms with van der Waals surface area (Å²) in [5, 5.41) is 8.68. The molecule has 0 amide bonds. The van der Waals surface area contributed by atoms with E-state index in [0.29, 0.717) is 5.75 Å². The molecule has 0 bridgehead atoms. The molecule has 0 unspecified atom stereocenters. The van der Waals surface area contributed by atoms with Crippen LogP contribution < -0.4 is 4.74 Å². The molecular weight excluding hydrogens is 180 g/mol. The molecule has 0 saturated carbocycles. The molecule has 3 nitrogen and oxygen atoms in total. The quantitative estimate of drug-likeness (QED) is 0.798. The van der Waals surface area contributed by atoms with E-state index >= 15 is 0 Å². The van der Waals surface area contributed by atoms with Crippen molar-refractivity contribution in [3.63, 3.8) is 0 Å². The van der Waals surface area contributed by atoms with Gasteiger partial charge < -0.3 is 9.84 Å². The summed E-state index contributed by atoms with van der Waals surface area (Å²) in [5.41, 5.74) is 1.03. The lowest BCUT2D eigenvalue weighted by Crippen LogP contribution is -2.23. The molecule has 0 aliphatic heterocycles. The third-order valence-corrected chi connectivity index (χ3v) is 2.01. The smallest absolute Gasteiger partial charge is 0.344 e. The van der Waals surface area contributed by atoms with Gasteiger partial charge in [-0.1, -0.05) is 25.1 Å². The molecule has 14 heavy (non-hydrogen) atoms. The van der Waals surface area contributed by atoms with Crippen LogP contribution in [0, 0.1) is 0 Å². The molecule has 0 radical (unpaired) electrons. The molecule has 0 heterocycles. The van der Waals surface area contributed by atoms with Crippen molar-refractivity contribution in [3.8, 4) is 5.75 Å². The molecule has 1 rings (SSSR count). The summed E-state index contributed by atoms with van der Waals surface area (Å²) in [6, 6.07) is 7.47. The Morgan fingerprint density at radius 3 is 2.71 bits per heavy atom. The van der Waals surface area contributed by atoms with Crippen LogP contribution >= 0.6 is 0 Å². The zero-order valence-corrected chi connectivity index (χ0v) is 8.36. The van der Waals surface area contributed by atoms with E-state index < -0.39 is 12.1 Å². The summed E-state index contributed by atoms with van der Waals surface area (Å²) in [7, 11) is 0. The number of para-hydroxylation sites is 1. The summed E-state index contributed by atoms with van der Waals surface area (Å²) in [6.45, 7) is 3.53. The second-order valence-corrected chi connectivity index (χ2v) is 3.06. The largest absolute Gasteiger partial charge is 0.479 e. The van der Waals surface area contributed by atoms with Crippen molar-refractivity contribution in [2.45, 2.75) is 26.4 Å². The minimum Gasteiger partial charge on any atom is -0.479 e. The highest BCUT2D eigenvalue weighted by molar-refractivity contribution is 5.72. The van der Waals surface area contributed by atoms with E-state index in [1.54, 1.807) is 6.07 Å². The van der Waals surface area contributed by atoms with Gasteiger partial charge in [0.1, 0.15) is 5.75 Å². The molecule has 76 valence electrons. The van der Waals surface area contributed by atoms with E-state index in [-0.39, 0.29) is 0 Å². The van der Waals surface area contributed by atoms with Crippen molar-refractivity contribution >= 4 is 5.97 Å². The standard InChI is InChI=1S/C11H14O3/c1-3-9-6-4-5-7-10(9)14-8(2)11(12)13/h4-8H,3H2,1-2H3,(H,12,13)/t8-/m1/s1. The Morgan fingerprint density at radius 1 is 1.50 bits per heavy atom. The molecule has 0 aliphatic rings. The van der Waals surface area contributed by atoms with E-state index in [2.05, 4.69) is 0 Å². The van der Waals surface area contributed by atoms with Gasteiger partial charge in [0.2, 0.25) is 0 Å². The average molecular weight is 194 g/mol. The van der Waals surface area contributed by atoms with Crippen molar-refractivity contribution in [2.24, 2.45) is 0 Å². The van der Waals surface area contributed by atoms with Crippen molar-refractivity contribution < 1.29 is 14.6 Å². The van der Waals surface area contributed by atoms with Gasteiger partial charge in [-0.3, -0.25) is 0 Å². The van der Waals surface area contributed by atoms with E-state index in [1.165, 1.54) is 6.92 Å². The van der Waals surface area contributed by atoms with Crippen molar-refractivity contribution in [1.29, 1.82) is 0 Å². The monoisotopic (exact) mass is 194 g/mol. The van der Waals surface area contributed by atoms with Crippen LogP contribution in [-0.4, -0.2) is 17.2 Å². The lowest BCUT2D eigenvalue weighted by molar-refractivity contribution is -0.144. The first-order valence-corrected chi connectivity index (χ1v) is 4.62. The number of carbonyl (C=O) groups is 1. The summed E-state index contributed by atoms with van der Waals surface area (Å²) in [5.74, 6) is -0.291. The van der Waals surface area contributed by atoms with Gasteiger partial charge in [-0.15, -0.1) is 0 Å². The highest BCUT2D eigenvalue weighted by atomic mass is 16.5. The van der Waals surface area contributed by atoms with Gasteiger partial charge in [0.15, 0.2) is 6.10 Å². The van der Waals surface area contributed by atoms with E-state index in [9.17, 15) is 4.79 Å². The van der Waals surface area contributed by atoms with Crippen LogP contribution in [0.2, 0.25) is 0 Å². The Bertz CT molecular complexity index is 320. The first-order chi connectivity index (χ1) is 6.65. The SMILES string of the molecule is CCc1ccccc1O[C@H](C)C(=O)O. The summed E-state index contributed by atoms with van der Waals surface area (Å²) < 4.78 is 5.30. The molecule has 3 heteroatoms. The van der Waals surface area contributed by atoms with Gasteiger partial charge in [-0.25, -0.2) is 4.79 Å². The van der Waals surface area contributed by atoms with Crippen LogP contribution in [0.5, 0.6) is 5.75 Å². The van der Waals surface area contributed by atoms with Crippen molar-refractivity contribution in [2.75, 3.05) is 0 Å². The first kappa shape index (κ1) is 10.6. The third-order valence-electron chi connectivity index (χ3n) is 2.01. The molecule has 1 aromatic rings. The molecule has 0 aromatic heterocycles. The zero-order chi connectivity index (χ0) is 10.6. The molecule has 0 spiro atoms. The Kier molecular flexibility index (Phi) is 3.51. The number of carboxylic acids is 1. The second kappa shape index (κ2) is 4.65. The van der Waals surface area contributed by atoms with Crippen LogP contribution in [0.3, 0.4) is 0 Å². The zero-order valence-electron chi connectivity index (χ0n) is 8.36. The van der Waals surface area contributed by atoms with Gasteiger partial charge in [-0.2, -0.15) is 0 Å². The summed E-state index contributed by atoms with van der Waals surface area (Å²) in [4.78, 5) is 10.6. The maximum atomic E-state index is 10.6. The molecule has 1 aromatic carbocycles. The number of hydrogen-bond acceptors (Lipinski definition) is 2. The Balaban J connectivity index is 2.80. The number of aryl methyl sites for hydroxylation is 1. The van der Waals surface area contributed by atoms with E-state index in [1.807, 2.05) is 25.1 Å². The van der Waals surface area contributed by atoms with E-state index in [4.69, 9.17) is 9.84 Å². The molecule has 0 aliphatic carbocycles. The fourth-order valence-electron chi connectivity index (χ4n) is 1.15. The van der Waals surface area contributed by atoms with Crippen LogP contribution in [0.25, 0.3) is 0 Å². The normalized spacial score (nSPS) is 12.1. The van der Waals surface area contributed by atoms with Gasteiger partial charge >= 0.3 is 5.97 Å². The molecule has 0 saturated heterocycles.